The summed E-state index contributed by atoms with van der Waals surface area (Å²) in [6.45, 7) is 0.357. The van der Waals surface area contributed by atoms with Crippen molar-refractivity contribution in [3.05, 3.63) is 35.2 Å². The number of likely N-dealkylation sites (N-methyl/N-ethyl adjacent to an activating group) is 1. The van der Waals surface area contributed by atoms with Crippen molar-refractivity contribution in [3.63, 3.8) is 0 Å². The van der Waals surface area contributed by atoms with Crippen molar-refractivity contribution in [1.29, 1.82) is 5.26 Å². The molecule has 1 aromatic heterocycles. The Kier molecular flexibility index (Phi) is 4.67. The van der Waals surface area contributed by atoms with Crippen molar-refractivity contribution in [3.8, 4) is 17.3 Å². The van der Waals surface area contributed by atoms with Crippen LogP contribution in [-0.4, -0.2) is 46.6 Å². The Morgan fingerprint density at radius 3 is 2.76 bits per heavy atom. The zero-order valence-corrected chi connectivity index (χ0v) is 14.4. The molecule has 7 nitrogen and oxygen atoms in total. The van der Waals surface area contributed by atoms with Crippen LogP contribution in [0.5, 0.6) is 0 Å². The number of carbonyl (C=O) groups excluding carboxylic acids is 1. The van der Waals surface area contributed by atoms with Gasteiger partial charge in [-0.05, 0) is 12.8 Å². The first-order valence-corrected chi connectivity index (χ1v) is 8.58. The SMILES string of the molecule is CN(C(=O)[C@@H]1CCCN1C(=O)O)c1nc(-c2ccccc2)c(C#N)s1. The minimum absolute atomic E-state index is 0.322. The minimum atomic E-state index is -1.09. The van der Waals surface area contributed by atoms with Gasteiger partial charge in [-0.1, -0.05) is 41.7 Å². The van der Waals surface area contributed by atoms with E-state index in [1.54, 1.807) is 7.05 Å². The molecule has 1 N–H and O–H groups in total. The maximum absolute atomic E-state index is 12.7. The van der Waals surface area contributed by atoms with E-state index in [0.29, 0.717) is 35.1 Å². The third-order valence-corrected chi connectivity index (χ3v) is 5.20. The Morgan fingerprint density at radius 2 is 2.12 bits per heavy atom. The van der Waals surface area contributed by atoms with Gasteiger partial charge in [0.25, 0.3) is 5.91 Å². The van der Waals surface area contributed by atoms with Crippen LogP contribution >= 0.6 is 11.3 Å². The first-order chi connectivity index (χ1) is 12.0. The molecule has 0 radical (unpaired) electrons. The van der Waals surface area contributed by atoms with Gasteiger partial charge in [0.15, 0.2) is 5.13 Å². The van der Waals surface area contributed by atoms with Gasteiger partial charge in [-0.15, -0.1) is 0 Å². The predicted molar refractivity (Wildman–Crippen MR) is 93.4 cm³/mol. The van der Waals surface area contributed by atoms with Gasteiger partial charge in [0.05, 0.1) is 0 Å². The number of rotatable bonds is 3. The summed E-state index contributed by atoms with van der Waals surface area (Å²) < 4.78 is 0. The summed E-state index contributed by atoms with van der Waals surface area (Å²) in [5.74, 6) is -0.322. The Balaban J connectivity index is 1.89. The van der Waals surface area contributed by atoms with Crippen LogP contribution < -0.4 is 4.90 Å². The summed E-state index contributed by atoms with van der Waals surface area (Å²) >= 11 is 1.13. The molecule has 1 atom stereocenters. The average Bonchev–Trinajstić information content (AvgIpc) is 3.28. The smallest absolute Gasteiger partial charge is 0.407 e. The fourth-order valence-electron chi connectivity index (χ4n) is 2.89. The van der Waals surface area contributed by atoms with E-state index in [1.165, 1.54) is 4.90 Å². The van der Waals surface area contributed by atoms with Gasteiger partial charge >= 0.3 is 6.09 Å². The summed E-state index contributed by atoms with van der Waals surface area (Å²) in [7, 11) is 1.56. The molecular formula is C17H16N4O3S. The Bertz CT molecular complexity index is 843. The van der Waals surface area contributed by atoms with Crippen LogP contribution in [0, 0.1) is 11.3 Å². The second-order valence-electron chi connectivity index (χ2n) is 5.68. The van der Waals surface area contributed by atoms with E-state index in [9.17, 15) is 20.0 Å². The van der Waals surface area contributed by atoms with Gasteiger partial charge in [0, 0.05) is 19.2 Å². The molecule has 1 aliphatic rings. The van der Waals surface area contributed by atoms with Gasteiger partial charge in [0.1, 0.15) is 22.7 Å². The highest BCUT2D eigenvalue weighted by Crippen LogP contribution is 2.33. The number of thiazole rings is 1. The van der Waals surface area contributed by atoms with Crippen LogP contribution in [0.2, 0.25) is 0 Å². The van der Waals surface area contributed by atoms with E-state index in [4.69, 9.17) is 0 Å². The number of likely N-dealkylation sites (tertiary alicyclic amines) is 1. The highest BCUT2D eigenvalue weighted by molar-refractivity contribution is 7.16. The van der Waals surface area contributed by atoms with Gasteiger partial charge in [-0.2, -0.15) is 5.26 Å². The second-order valence-corrected chi connectivity index (χ2v) is 6.66. The molecule has 8 heteroatoms. The number of hydrogen-bond acceptors (Lipinski definition) is 5. The van der Waals surface area contributed by atoms with E-state index in [1.807, 2.05) is 30.3 Å². The standard InChI is InChI=1S/C17H16N4O3S/c1-20(15(22)12-8-5-9-21(12)17(23)24)16-19-14(13(10-18)25-16)11-6-3-2-4-7-11/h2-4,6-7,12H,5,8-9H2,1H3,(H,23,24)/t12-/m0/s1. The summed E-state index contributed by atoms with van der Waals surface area (Å²) in [6, 6.07) is 10.7. The van der Waals surface area contributed by atoms with Crippen LogP contribution in [0.4, 0.5) is 9.93 Å². The lowest BCUT2D eigenvalue weighted by Gasteiger charge is -2.24. The highest BCUT2D eigenvalue weighted by Gasteiger charge is 2.36. The number of amides is 2. The molecule has 0 bridgehead atoms. The average molecular weight is 356 g/mol. The fourth-order valence-corrected chi connectivity index (χ4v) is 3.74. The molecule has 0 aliphatic carbocycles. The van der Waals surface area contributed by atoms with Crippen LogP contribution in [0.1, 0.15) is 17.7 Å². The van der Waals surface area contributed by atoms with E-state index in [2.05, 4.69) is 11.1 Å². The second kappa shape index (κ2) is 6.91. The van der Waals surface area contributed by atoms with Gasteiger partial charge < -0.3 is 5.11 Å². The third-order valence-electron chi connectivity index (χ3n) is 4.17. The molecular weight excluding hydrogens is 340 g/mol. The van der Waals surface area contributed by atoms with E-state index in [0.717, 1.165) is 21.8 Å². The number of anilines is 1. The van der Waals surface area contributed by atoms with Crippen molar-refractivity contribution in [2.24, 2.45) is 0 Å². The monoisotopic (exact) mass is 356 g/mol. The lowest BCUT2D eigenvalue weighted by molar-refractivity contribution is -0.122. The third kappa shape index (κ3) is 3.19. The minimum Gasteiger partial charge on any atom is -0.465 e. The van der Waals surface area contributed by atoms with E-state index in [-0.39, 0.29) is 5.91 Å². The Morgan fingerprint density at radius 1 is 1.40 bits per heavy atom. The molecule has 1 aliphatic heterocycles. The maximum atomic E-state index is 12.7. The molecule has 1 aromatic carbocycles. The number of carbonyl (C=O) groups is 2. The molecule has 1 fully saturated rings. The molecule has 0 unspecified atom stereocenters. The normalized spacial score (nSPS) is 16.5. The maximum Gasteiger partial charge on any atom is 0.407 e. The van der Waals surface area contributed by atoms with Gasteiger partial charge in [0.2, 0.25) is 0 Å². The van der Waals surface area contributed by atoms with Crippen molar-refractivity contribution in [1.82, 2.24) is 9.88 Å². The fraction of sp³-hybridized carbons (Fsp3) is 0.294. The lowest BCUT2D eigenvalue weighted by Crippen LogP contribution is -2.46. The quantitative estimate of drug-likeness (QED) is 0.912. The number of nitrogens with zero attached hydrogens (tertiary/aromatic N) is 4. The summed E-state index contributed by atoms with van der Waals surface area (Å²) in [4.78, 5) is 31.4. The molecule has 2 aromatic rings. The number of nitriles is 1. The zero-order chi connectivity index (χ0) is 18.0. The molecule has 2 amide bonds. The van der Waals surface area contributed by atoms with Crippen LogP contribution in [0.25, 0.3) is 11.3 Å². The Hall–Kier alpha value is -2.92. The molecule has 1 saturated heterocycles. The van der Waals surface area contributed by atoms with E-state index >= 15 is 0 Å². The first kappa shape index (κ1) is 16.9. The molecule has 2 heterocycles. The molecule has 0 spiro atoms. The van der Waals surface area contributed by atoms with Crippen LogP contribution in [-0.2, 0) is 4.79 Å². The number of benzene rings is 1. The van der Waals surface area contributed by atoms with Crippen molar-refractivity contribution >= 4 is 28.5 Å². The van der Waals surface area contributed by atoms with E-state index < -0.39 is 12.1 Å². The summed E-state index contributed by atoms with van der Waals surface area (Å²) in [6.07, 6.45) is 0.0658. The molecule has 3 rings (SSSR count). The lowest BCUT2D eigenvalue weighted by atomic mass is 10.1. The number of hydrogen-bond donors (Lipinski definition) is 1. The van der Waals surface area contributed by atoms with Crippen molar-refractivity contribution in [2.45, 2.75) is 18.9 Å². The summed E-state index contributed by atoms with van der Waals surface area (Å²) in [5.41, 5.74) is 1.33. The zero-order valence-electron chi connectivity index (χ0n) is 13.5. The van der Waals surface area contributed by atoms with Crippen LogP contribution in [0.15, 0.2) is 30.3 Å². The largest absolute Gasteiger partial charge is 0.465 e. The Labute approximate surface area is 148 Å². The van der Waals surface area contributed by atoms with Crippen LogP contribution in [0.3, 0.4) is 0 Å². The van der Waals surface area contributed by atoms with Gasteiger partial charge in [-0.25, -0.2) is 9.78 Å². The molecule has 0 saturated carbocycles. The van der Waals surface area contributed by atoms with Crippen molar-refractivity contribution < 1.29 is 14.7 Å². The molecule has 128 valence electrons. The first-order valence-electron chi connectivity index (χ1n) is 7.76. The van der Waals surface area contributed by atoms with Crippen molar-refractivity contribution in [2.75, 3.05) is 18.5 Å². The number of carboxylic acid groups (broad SMARTS) is 1. The van der Waals surface area contributed by atoms with Gasteiger partial charge in [-0.3, -0.25) is 14.6 Å². The highest BCUT2D eigenvalue weighted by atomic mass is 32.1. The topological polar surface area (TPSA) is 97.5 Å². The molecule has 25 heavy (non-hydrogen) atoms. The number of aromatic nitrogens is 1. The predicted octanol–water partition coefficient (Wildman–Crippen LogP) is 2.79. The summed E-state index contributed by atoms with van der Waals surface area (Å²) in [5, 5.41) is 19.0.